The molecule has 0 saturated heterocycles. The molecule has 1 aromatic carbocycles. The third kappa shape index (κ3) is 4.65. The van der Waals surface area contributed by atoms with Crippen molar-refractivity contribution in [2.75, 3.05) is 5.32 Å². The van der Waals surface area contributed by atoms with E-state index in [-0.39, 0.29) is 12.1 Å². The van der Waals surface area contributed by atoms with E-state index < -0.39 is 5.91 Å². The number of carbonyl (C=O) groups excluding carboxylic acids is 1. The Bertz CT molecular complexity index is 670. The predicted octanol–water partition coefficient (Wildman–Crippen LogP) is 3.02. The maximum atomic E-state index is 11.9. The lowest BCUT2D eigenvalue weighted by Crippen LogP contribution is -2.24. The number of nitrogens with zero attached hydrogens (tertiary/aromatic N) is 1. The highest BCUT2D eigenvalue weighted by atomic mass is 127. The van der Waals surface area contributed by atoms with E-state index in [1.807, 2.05) is 30.3 Å². The fourth-order valence-electron chi connectivity index (χ4n) is 1.53. The second-order valence-corrected chi connectivity index (χ2v) is 5.33. The van der Waals surface area contributed by atoms with Crippen LogP contribution in [0.3, 0.4) is 0 Å². The summed E-state index contributed by atoms with van der Waals surface area (Å²) in [6.07, 6.45) is 2.92. The maximum absolute atomic E-state index is 11.9. The Kier molecular flexibility index (Phi) is 5.40. The predicted molar refractivity (Wildman–Crippen MR) is 87.0 cm³/mol. The van der Waals surface area contributed by atoms with E-state index in [1.54, 1.807) is 12.1 Å². The number of halogens is 1. The summed E-state index contributed by atoms with van der Waals surface area (Å²) in [4.78, 5) is 11.9. The Labute approximate surface area is 135 Å². The van der Waals surface area contributed by atoms with Gasteiger partial charge in [-0.1, -0.05) is 0 Å². The lowest BCUT2D eigenvalue weighted by molar-refractivity contribution is -0.117. The first-order valence-electron chi connectivity index (χ1n) is 6.12. The normalized spacial score (nSPS) is 10.8. The average molecular weight is 393 g/mol. The molecule has 21 heavy (non-hydrogen) atoms. The zero-order valence-electron chi connectivity index (χ0n) is 11.0. The van der Waals surface area contributed by atoms with Crippen LogP contribution in [0.25, 0.3) is 0 Å². The molecule has 2 aromatic rings. The number of anilines is 1. The standard InChI is InChI=1S/C15H12IN3O2/c16-12-3-5-13(6-4-12)18-9-11(8-17)15(20)19-10-14-2-1-7-21-14/h1-7,9,18H,10H2,(H,19,20)/b11-9-. The Morgan fingerprint density at radius 1 is 1.33 bits per heavy atom. The van der Waals surface area contributed by atoms with Gasteiger partial charge in [0.05, 0.1) is 12.8 Å². The summed E-state index contributed by atoms with van der Waals surface area (Å²) < 4.78 is 6.21. The molecule has 0 fully saturated rings. The summed E-state index contributed by atoms with van der Waals surface area (Å²) in [5, 5.41) is 14.6. The summed E-state index contributed by atoms with van der Waals surface area (Å²) in [7, 11) is 0. The van der Waals surface area contributed by atoms with Crippen LogP contribution in [0, 0.1) is 14.9 Å². The molecule has 1 amide bonds. The molecule has 5 nitrogen and oxygen atoms in total. The lowest BCUT2D eigenvalue weighted by Gasteiger charge is -2.04. The van der Waals surface area contributed by atoms with E-state index in [0.717, 1.165) is 9.26 Å². The maximum Gasteiger partial charge on any atom is 0.263 e. The SMILES string of the molecule is N#C/C(=C/Nc1ccc(I)cc1)C(=O)NCc1ccco1. The van der Waals surface area contributed by atoms with Crippen LogP contribution >= 0.6 is 22.6 Å². The van der Waals surface area contributed by atoms with E-state index in [0.29, 0.717) is 5.76 Å². The molecular weight excluding hydrogens is 381 g/mol. The molecule has 0 spiro atoms. The molecule has 2 N–H and O–H groups in total. The van der Waals surface area contributed by atoms with Gasteiger partial charge < -0.3 is 15.1 Å². The zero-order chi connectivity index (χ0) is 15.1. The van der Waals surface area contributed by atoms with E-state index >= 15 is 0 Å². The number of carbonyl (C=O) groups is 1. The highest BCUT2D eigenvalue weighted by Crippen LogP contribution is 2.11. The highest BCUT2D eigenvalue weighted by Gasteiger charge is 2.09. The number of amides is 1. The number of nitriles is 1. The van der Waals surface area contributed by atoms with Gasteiger partial charge in [0.25, 0.3) is 5.91 Å². The first-order chi connectivity index (χ1) is 10.2. The summed E-state index contributed by atoms with van der Waals surface area (Å²) in [6.45, 7) is 0.244. The van der Waals surface area contributed by atoms with Crippen LogP contribution in [-0.4, -0.2) is 5.91 Å². The van der Waals surface area contributed by atoms with Gasteiger partial charge in [0, 0.05) is 15.5 Å². The van der Waals surface area contributed by atoms with Gasteiger partial charge in [-0.15, -0.1) is 0 Å². The zero-order valence-corrected chi connectivity index (χ0v) is 13.1. The molecule has 0 aliphatic carbocycles. The van der Waals surface area contributed by atoms with Gasteiger partial charge in [-0.25, -0.2) is 0 Å². The summed E-state index contributed by atoms with van der Waals surface area (Å²) in [6, 6.07) is 13.0. The molecule has 0 aliphatic rings. The van der Waals surface area contributed by atoms with Crippen molar-refractivity contribution in [3.63, 3.8) is 0 Å². The van der Waals surface area contributed by atoms with Crippen LogP contribution in [0.4, 0.5) is 5.69 Å². The second-order valence-electron chi connectivity index (χ2n) is 4.08. The van der Waals surface area contributed by atoms with Gasteiger partial charge in [0.15, 0.2) is 0 Å². The molecule has 0 saturated carbocycles. The lowest BCUT2D eigenvalue weighted by atomic mass is 10.2. The Balaban J connectivity index is 1.94. The number of hydrogen-bond acceptors (Lipinski definition) is 4. The molecule has 1 aromatic heterocycles. The third-order valence-corrected chi connectivity index (χ3v) is 3.31. The molecule has 6 heteroatoms. The fourth-order valence-corrected chi connectivity index (χ4v) is 1.89. The van der Waals surface area contributed by atoms with Gasteiger partial charge in [0.1, 0.15) is 17.4 Å². The minimum absolute atomic E-state index is 0.0000983. The molecule has 0 radical (unpaired) electrons. The van der Waals surface area contributed by atoms with Crippen LogP contribution in [0.2, 0.25) is 0 Å². The minimum Gasteiger partial charge on any atom is -0.467 e. The van der Waals surface area contributed by atoms with Crippen LogP contribution in [0.15, 0.2) is 58.9 Å². The van der Waals surface area contributed by atoms with Crippen LogP contribution in [0.1, 0.15) is 5.76 Å². The third-order valence-electron chi connectivity index (χ3n) is 2.60. The number of nitrogens with one attached hydrogen (secondary N) is 2. The number of hydrogen-bond donors (Lipinski definition) is 2. The molecule has 0 unspecified atom stereocenters. The largest absolute Gasteiger partial charge is 0.467 e. The first kappa shape index (κ1) is 15.1. The average Bonchev–Trinajstić information content (AvgIpc) is 3.01. The number of rotatable bonds is 5. The van der Waals surface area contributed by atoms with E-state index in [1.165, 1.54) is 12.5 Å². The van der Waals surface area contributed by atoms with Gasteiger partial charge in [0.2, 0.25) is 0 Å². The Hall–Kier alpha value is -2.27. The van der Waals surface area contributed by atoms with Crippen molar-refractivity contribution in [2.24, 2.45) is 0 Å². The van der Waals surface area contributed by atoms with Crippen molar-refractivity contribution in [3.05, 3.63) is 63.8 Å². The topological polar surface area (TPSA) is 78.1 Å². The molecule has 0 atom stereocenters. The molecule has 0 aliphatic heterocycles. The van der Waals surface area contributed by atoms with Crippen molar-refractivity contribution in [1.82, 2.24) is 5.32 Å². The van der Waals surface area contributed by atoms with Crippen molar-refractivity contribution in [1.29, 1.82) is 5.26 Å². The second kappa shape index (κ2) is 7.50. The smallest absolute Gasteiger partial charge is 0.263 e. The quantitative estimate of drug-likeness (QED) is 0.465. The Morgan fingerprint density at radius 3 is 2.71 bits per heavy atom. The minimum atomic E-state index is -0.452. The monoisotopic (exact) mass is 393 g/mol. The summed E-state index contributed by atoms with van der Waals surface area (Å²) >= 11 is 2.20. The molecule has 1 heterocycles. The molecular formula is C15H12IN3O2. The summed E-state index contributed by atoms with van der Waals surface area (Å²) in [5.74, 6) is 0.179. The number of furan rings is 1. The van der Waals surface area contributed by atoms with Crippen LogP contribution in [0.5, 0.6) is 0 Å². The van der Waals surface area contributed by atoms with Crippen LogP contribution in [-0.2, 0) is 11.3 Å². The van der Waals surface area contributed by atoms with Gasteiger partial charge >= 0.3 is 0 Å². The van der Waals surface area contributed by atoms with Crippen molar-refractivity contribution >= 4 is 34.2 Å². The van der Waals surface area contributed by atoms with Crippen molar-refractivity contribution in [2.45, 2.75) is 6.54 Å². The molecule has 0 bridgehead atoms. The highest BCUT2D eigenvalue weighted by molar-refractivity contribution is 14.1. The van der Waals surface area contributed by atoms with E-state index in [2.05, 4.69) is 33.2 Å². The molecule has 2 rings (SSSR count). The number of benzene rings is 1. The first-order valence-corrected chi connectivity index (χ1v) is 7.20. The van der Waals surface area contributed by atoms with Crippen molar-refractivity contribution < 1.29 is 9.21 Å². The molecule has 106 valence electrons. The fraction of sp³-hybridized carbons (Fsp3) is 0.0667. The van der Waals surface area contributed by atoms with Gasteiger partial charge in [-0.2, -0.15) is 5.26 Å². The summed E-state index contributed by atoms with van der Waals surface area (Å²) in [5.41, 5.74) is 0.808. The van der Waals surface area contributed by atoms with Crippen molar-refractivity contribution in [3.8, 4) is 6.07 Å². The van der Waals surface area contributed by atoms with E-state index in [4.69, 9.17) is 9.68 Å². The van der Waals surface area contributed by atoms with Gasteiger partial charge in [-0.3, -0.25) is 4.79 Å². The Morgan fingerprint density at radius 2 is 2.10 bits per heavy atom. The van der Waals surface area contributed by atoms with Crippen LogP contribution < -0.4 is 10.6 Å². The van der Waals surface area contributed by atoms with Gasteiger partial charge in [-0.05, 0) is 59.0 Å². The van der Waals surface area contributed by atoms with E-state index in [9.17, 15) is 4.79 Å².